The lowest BCUT2D eigenvalue weighted by Gasteiger charge is -2.08. The van der Waals surface area contributed by atoms with Gasteiger partial charge in [-0.1, -0.05) is 11.3 Å². The highest BCUT2D eigenvalue weighted by molar-refractivity contribution is 7.12. The van der Waals surface area contributed by atoms with Gasteiger partial charge >= 0.3 is 6.98 Å². The second-order valence-corrected chi connectivity index (χ2v) is 2.64. The summed E-state index contributed by atoms with van der Waals surface area (Å²) in [5.41, 5.74) is -0.841. The number of hydrogen-bond acceptors (Lipinski definition) is 3. The van der Waals surface area contributed by atoms with Crippen LogP contribution >= 0.6 is 11.3 Å². The Labute approximate surface area is 65.1 Å². The number of aromatic nitrogens is 1. The summed E-state index contributed by atoms with van der Waals surface area (Å²) in [5, 5.41) is 0.984. The van der Waals surface area contributed by atoms with E-state index in [1.54, 1.807) is 0 Å². The lowest BCUT2D eigenvalue weighted by Crippen LogP contribution is -2.34. The molecule has 0 radical (unpaired) electrons. The molecule has 1 aromatic rings. The SMILES string of the molecule is COc1nc([B-](F)(F)F)cs1. The van der Waals surface area contributed by atoms with Gasteiger partial charge in [0.2, 0.25) is 0 Å². The van der Waals surface area contributed by atoms with Crippen molar-refractivity contribution in [2.45, 2.75) is 0 Å². The van der Waals surface area contributed by atoms with Crippen molar-refractivity contribution in [2.24, 2.45) is 0 Å². The monoisotopic (exact) mass is 182 g/mol. The number of hydrogen-bond donors (Lipinski definition) is 0. The van der Waals surface area contributed by atoms with Crippen LogP contribution in [0.3, 0.4) is 0 Å². The van der Waals surface area contributed by atoms with E-state index in [2.05, 4.69) is 9.72 Å². The Hall–Kier alpha value is -0.715. The molecule has 0 atom stereocenters. The van der Waals surface area contributed by atoms with Crippen molar-refractivity contribution in [1.29, 1.82) is 0 Å². The van der Waals surface area contributed by atoms with Crippen molar-refractivity contribution >= 4 is 23.9 Å². The zero-order chi connectivity index (χ0) is 8.48. The summed E-state index contributed by atoms with van der Waals surface area (Å²) in [6.07, 6.45) is 0. The lowest BCUT2D eigenvalue weighted by molar-refractivity contribution is 0.411. The fraction of sp³-hybridized carbons (Fsp3) is 0.250. The predicted octanol–water partition coefficient (Wildman–Crippen LogP) is 1.21. The summed E-state index contributed by atoms with van der Waals surface area (Å²) in [5.74, 6) is 0. The maximum absolute atomic E-state index is 11.9. The number of methoxy groups -OCH3 is 1. The maximum Gasteiger partial charge on any atom is 0.528 e. The van der Waals surface area contributed by atoms with Gasteiger partial charge in [-0.15, -0.1) is 0 Å². The third-order valence-electron chi connectivity index (χ3n) is 1.01. The number of ether oxygens (including phenoxy) is 1. The van der Waals surface area contributed by atoms with Gasteiger partial charge in [0.15, 0.2) is 0 Å². The molecule has 0 fully saturated rings. The summed E-state index contributed by atoms with van der Waals surface area (Å²) in [6.45, 7) is -4.97. The molecule has 0 saturated carbocycles. The molecule has 0 bridgehead atoms. The van der Waals surface area contributed by atoms with Gasteiger partial charge in [0.1, 0.15) is 0 Å². The molecule has 0 aliphatic rings. The molecule has 7 heteroatoms. The van der Waals surface area contributed by atoms with Crippen LogP contribution in [-0.4, -0.2) is 19.1 Å². The van der Waals surface area contributed by atoms with Crippen LogP contribution in [0, 0.1) is 0 Å². The second kappa shape index (κ2) is 2.73. The quantitative estimate of drug-likeness (QED) is 0.641. The molecule has 11 heavy (non-hydrogen) atoms. The van der Waals surface area contributed by atoms with E-state index >= 15 is 0 Å². The van der Waals surface area contributed by atoms with Crippen molar-refractivity contribution in [3.63, 3.8) is 0 Å². The minimum Gasteiger partial charge on any atom is -0.473 e. The molecule has 0 amide bonds. The molecule has 1 heterocycles. The Morgan fingerprint density at radius 3 is 2.45 bits per heavy atom. The number of halogens is 3. The van der Waals surface area contributed by atoms with Gasteiger partial charge in [0, 0.05) is 0 Å². The highest BCUT2D eigenvalue weighted by atomic mass is 32.1. The smallest absolute Gasteiger partial charge is 0.473 e. The van der Waals surface area contributed by atoms with Crippen LogP contribution in [0.25, 0.3) is 0 Å². The first-order valence-corrected chi connectivity index (χ1v) is 3.61. The molecular weight excluding hydrogens is 178 g/mol. The van der Waals surface area contributed by atoms with Gasteiger partial charge < -0.3 is 17.7 Å². The van der Waals surface area contributed by atoms with Crippen molar-refractivity contribution in [2.75, 3.05) is 7.11 Å². The summed E-state index contributed by atoms with van der Waals surface area (Å²) >= 11 is 0.839. The van der Waals surface area contributed by atoms with E-state index < -0.39 is 12.6 Å². The third kappa shape index (κ3) is 1.86. The van der Waals surface area contributed by atoms with E-state index in [-0.39, 0.29) is 5.19 Å². The topological polar surface area (TPSA) is 22.1 Å². The minimum absolute atomic E-state index is 0.0409. The average molecular weight is 182 g/mol. The molecule has 0 aliphatic carbocycles. The third-order valence-corrected chi connectivity index (χ3v) is 1.83. The van der Waals surface area contributed by atoms with E-state index in [1.807, 2.05) is 0 Å². The number of nitrogens with zero attached hydrogens (tertiary/aromatic N) is 1. The molecule has 0 aliphatic heterocycles. The highest BCUT2D eigenvalue weighted by Crippen LogP contribution is 2.16. The van der Waals surface area contributed by atoms with Gasteiger partial charge in [0.05, 0.1) is 7.11 Å². The molecule has 1 rings (SSSR count). The summed E-state index contributed by atoms with van der Waals surface area (Å²) in [6, 6.07) is 0. The van der Waals surface area contributed by atoms with Gasteiger partial charge in [-0.05, 0) is 11.0 Å². The first-order chi connectivity index (χ1) is 5.04. The Morgan fingerprint density at radius 2 is 2.18 bits per heavy atom. The van der Waals surface area contributed by atoms with E-state index in [1.165, 1.54) is 7.11 Å². The van der Waals surface area contributed by atoms with Crippen LogP contribution in [0.1, 0.15) is 0 Å². The van der Waals surface area contributed by atoms with Crippen molar-refractivity contribution < 1.29 is 17.7 Å². The molecule has 62 valence electrons. The van der Waals surface area contributed by atoms with E-state index in [0.717, 1.165) is 16.7 Å². The first-order valence-electron chi connectivity index (χ1n) is 2.73. The van der Waals surface area contributed by atoms with Crippen LogP contribution in [0.2, 0.25) is 0 Å². The molecule has 2 nitrogen and oxygen atoms in total. The second-order valence-electron chi connectivity index (χ2n) is 1.82. The van der Waals surface area contributed by atoms with Crippen molar-refractivity contribution in [3.05, 3.63) is 5.38 Å². The van der Waals surface area contributed by atoms with Crippen LogP contribution in [0.15, 0.2) is 5.38 Å². The predicted molar refractivity (Wildman–Crippen MR) is 37.4 cm³/mol. The van der Waals surface area contributed by atoms with Crippen LogP contribution in [-0.2, 0) is 0 Å². The Kier molecular flexibility index (Phi) is 2.08. The number of rotatable bonds is 2. The van der Waals surface area contributed by atoms with E-state index in [0.29, 0.717) is 0 Å². The zero-order valence-corrected chi connectivity index (χ0v) is 6.37. The Bertz CT molecular complexity index is 248. The fourth-order valence-corrected chi connectivity index (χ4v) is 1.20. The Balaban J connectivity index is 2.89. The average Bonchev–Trinajstić information content (AvgIpc) is 2.32. The highest BCUT2D eigenvalue weighted by Gasteiger charge is 2.28. The molecule has 0 spiro atoms. The molecular formula is C4H4BF3NOS-. The number of thiazole rings is 1. The maximum atomic E-state index is 11.9. The van der Waals surface area contributed by atoms with Crippen molar-refractivity contribution in [3.8, 4) is 5.19 Å². The molecule has 0 N–H and O–H groups in total. The molecule has 0 aromatic carbocycles. The fourth-order valence-electron chi connectivity index (χ4n) is 0.513. The largest absolute Gasteiger partial charge is 0.528 e. The van der Waals surface area contributed by atoms with Crippen LogP contribution in [0.4, 0.5) is 12.9 Å². The van der Waals surface area contributed by atoms with E-state index in [4.69, 9.17) is 0 Å². The molecule has 0 saturated heterocycles. The molecule has 1 aromatic heterocycles. The normalized spacial score (nSPS) is 11.6. The Morgan fingerprint density at radius 1 is 1.55 bits per heavy atom. The van der Waals surface area contributed by atoms with Gasteiger partial charge in [0.25, 0.3) is 5.19 Å². The van der Waals surface area contributed by atoms with E-state index in [9.17, 15) is 12.9 Å². The summed E-state index contributed by atoms with van der Waals surface area (Å²) in [4.78, 5) is 3.20. The standard InChI is InChI=1S/C4H4BF3NOS/c1-10-4-9-3(2-11-4)5(6,7)8/h2H,1H3/q-1. The van der Waals surface area contributed by atoms with Gasteiger partial charge in [-0.3, -0.25) is 0 Å². The summed E-state index contributed by atoms with van der Waals surface area (Å²) in [7, 11) is 1.28. The first kappa shape index (κ1) is 8.38. The zero-order valence-electron chi connectivity index (χ0n) is 5.55. The van der Waals surface area contributed by atoms with Gasteiger partial charge in [-0.2, -0.15) is 0 Å². The lowest BCUT2D eigenvalue weighted by atomic mass is 9.88. The van der Waals surface area contributed by atoms with Gasteiger partial charge in [-0.25, -0.2) is 4.98 Å². The van der Waals surface area contributed by atoms with Crippen LogP contribution in [0.5, 0.6) is 5.19 Å². The summed E-state index contributed by atoms with van der Waals surface area (Å²) < 4.78 is 40.2. The molecule has 0 unspecified atom stereocenters. The van der Waals surface area contributed by atoms with Crippen LogP contribution < -0.4 is 10.3 Å². The van der Waals surface area contributed by atoms with Crippen molar-refractivity contribution in [1.82, 2.24) is 4.98 Å². The minimum atomic E-state index is -4.97.